The number of amides is 4. The lowest BCUT2D eigenvalue weighted by Crippen LogP contribution is -2.33. The quantitative estimate of drug-likeness (QED) is 0.202. The summed E-state index contributed by atoms with van der Waals surface area (Å²) in [7, 11) is 0. The fourth-order valence-electron chi connectivity index (χ4n) is 5.15. The van der Waals surface area contributed by atoms with Crippen LogP contribution in [0.25, 0.3) is 11.6 Å². The van der Waals surface area contributed by atoms with Crippen molar-refractivity contribution in [2.45, 2.75) is 26.7 Å². The van der Waals surface area contributed by atoms with Crippen molar-refractivity contribution in [3.8, 4) is 0 Å². The maximum atomic E-state index is 12.9. The van der Waals surface area contributed by atoms with Gasteiger partial charge in [-0.25, -0.2) is 4.79 Å². The van der Waals surface area contributed by atoms with E-state index in [2.05, 4.69) is 31.2 Å². The monoisotopic (exact) mass is 527 g/mol. The number of carbonyl (C=O) groups excluding carboxylic acids is 3. The van der Waals surface area contributed by atoms with E-state index >= 15 is 0 Å². The number of aromatic amines is 1. The van der Waals surface area contributed by atoms with Crippen molar-refractivity contribution in [2.75, 3.05) is 47.9 Å². The van der Waals surface area contributed by atoms with Crippen LogP contribution < -0.4 is 27.0 Å². The molecular weight excluding hydrogens is 494 g/mol. The summed E-state index contributed by atoms with van der Waals surface area (Å²) in [6.45, 7) is 7.37. The summed E-state index contributed by atoms with van der Waals surface area (Å²) in [5, 5.41) is 11.4. The second-order valence-corrected chi connectivity index (χ2v) is 9.95. The molecule has 0 aliphatic carbocycles. The number of fused-ring (bicyclic) bond motifs is 1. The SMILES string of the molecule is Cc1[nH]c(/C=C2\C(=O)Nc3cc(NC(=O)Nc4cccc(N)c4)ccc32)c(C)c1C(=O)NCCN1CCCC1. The highest BCUT2D eigenvalue weighted by molar-refractivity contribution is 6.35. The molecule has 3 heterocycles. The highest BCUT2D eigenvalue weighted by Crippen LogP contribution is 2.36. The summed E-state index contributed by atoms with van der Waals surface area (Å²) in [6, 6.07) is 11.7. The third kappa shape index (κ3) is 5.80. The Kier molecular flexibility index (Phi) is 7.38. The number of rotatable bonds is 7. The van der Waals surface area contributed by atoms with Gasteiger partial charge in [-0.3, -0.25) is 9.59 Å². The first-order valence-corrected chi connectivity index (χ1v) is 13.1. The van der Waals surface area contributed by atoms with Crippen LogP contribution in [0.3, 0.4) is 0 Å². The molecule has 10 heteroatoms. The fourth-order valence-corrected chi connectivity index (χ4v) is 5.15. The molecule has 4 amide bonds. The standard InChI is InChI=1S/C29H33N7O3/c1-17-24(32-18(2)26(17)28(38)31-10-13-36-11-3-4-12-36)16-23-22-9-8-21(15-25(22)35-27(23)37)34-29(39)33-20-7-5-6-19(30)14-20/h5-9,14-16,32H,3-4,10-13,30H2,1-2H3,(H,31,38)(H,35,37)(H2,33,34,39)/b23-16-. The highest BCUT2D eigenvalue weighted by Gasteiger charge is 2.26. The van der Waals surface area contributed by atoms with Gasteiger partial charge in [0, 0.05) is 47.1 Å². The Balaban J connectivity index is 1.28. The lowest BCUT2D eigenvalue weighted by molar-refractivity contribution is -0.110. The number of nitrogens with zero attached hydrogens (tertiary/aromatic N) is 1. The molecule has 5 rings (SSSR count). The van der Waals surface area contributed by atoms with E-state index in [1.54, 1.807) is 48.5 Å². The van der Waals surface area contributed by atoms with Crippen molar-refractivity contribution in [3.05, 3.63) is 70.5 Å². The van der Waals surface area contributed by atoms with Gasteiger partial charge >= 0.3 is 6.03 Å². The van der Waals surface area contributed by atoms with Gasteiger partial charge in [0.1, 0.15) is 0 Å². The molecule has 0 unspecified atom stereocenters. The minimum absolute atomic E-state index is 0.117. The maximum absolute atomic E-state index is 12.9. The van der Waals surface area contributed by atoms with Gasteiger partial charge in [0.25, 0.3) is 11.8 Å². The van der Waals surface area contributed by atoms with Crippen molar-refractivity contribution in [3.63, 3.8) is 0 Å². The highest BCUT2D eigenvalue weighted by atomic mass is 16.2. The normalized spacial score (nSPS) is 15.7. The van der Waals surface area contributed by atoms with Gasteiger partial charge in [-0.15, -0.1) is 0 Å². The molecule has 1 fully saturated rings. The van der Waals surface area contributed by atoms with Crippen LogP contribution in [0.1, 0.15) is 45.7 Å². The summed E-state index contributed by atoms with van der Waals surface area (Å²) < 4.78 is 0. The lowest BCUT2D eigenvalue weighted by Gasteiger charge is -2.14. The van der Waals surface area contributed by atoms with Crippen LogP contribution in [0.15, 0.2) is 42.5 Å². The molecule has 10 nitrogen and oxygen atoms in total. The summed E-state index contributed by atoms with van der Waals surface area (Å²) in [6.07, 6.45) is 4.20. The minimum Gasteiger partial charge on any atom is -0.399 e. The number of aromatic nitrogens is 1. The van der Waals surface area contributed by atoms with Crippen LogP contribution in [-0.2, 0) is 4.79 Å². The van der Waals surface area contributed by atoms with Crippen LogP contribution in [0, 0.1) is 13.8 Å². The number of anilines is 4. The zero-order valence-corrected chi connectivity index (χ0v) is 22.1. The summed E-state index contributed by atoms with van der Waals surface area (Å²) in [4.78, 5) is 43.8. The Labute approximate surface area is 227 Å². The summed E-state index contributed by atoms with van der Waals surface area (Å²) in [5.41, 5.74) is 12.0. The number of hydrogen-bond donors (Lipinski definition) is 6. The van der Waals surface area contributed by atoms with Crippen LogP contribution in [-0.4, -0.2) is 53.9 Å². The van der Waals surface area contributed by atoms with E-state index in [9.17, 15) is 14.4 Å². The third-order valence-electron chi connectivity index (χ3n) is 7.11. The lowest BCUT2D eigenvalue weighted by atomic mass is 10.0. The Hall–Kier alpha value is -4.57. The molecule has 0 atom stereocenters. The smallest absolute Gasteiger partial charge is 0.323 e. The van der Waals surface area contributed by atoms with Gasteiger partial charge in [0.05, 0.1) is 16.8 Å². The van der Waals surface area contributed by atoms with Gasteiger partial charge in [0.15, 0.2) is 0 Å². The van der Waals surface area contributed by atoms with Crippen LogP contribution in [0.5, 0.6) is 0 Å². The number of nitrogens with two attached hydrogens (primary N) is 1. The van der Waals surface area contributed by atoms with E-state index in [0.29, 0.717) is 51.7 Å². The molecule has 7 N–H and O–H groups in total. The van der Waals surface area contributed by atoms with Gasteiger partial charge < -0.3 is 36.9 Å². The zero-order chi connectivity index (χ0) is 27.5. The maximum Gasteiger partial charge on any atom is 0.323 e. The number of hydrogen-bond acceptors (Lipinski definition) is 5. The number of nitrogens with one attached hydrogen (secondary N) is 5. The average Bonchev–Trinajstić information content (AvgIpc) is 3.57. The van der Waals surface area contributed by atoms with Crippen molar-refractivity contribution in [2.24, 2.45) is 0 Å². The molecule has 1 saturated heterocycles. The molecule has 0 radical (unpaired) electrons. The Morgan fingerprint density at radius 1 is 1.05 bits per heavy atom. The number of nitrogen functional groups attached to an aromatic ring is 1. The summed E-state index contributed by atoms with van der Waals surface area (Å²) >= 11 is 0. The number of urea groups is 1. The largest absolute Gasteiger partial charge is 0.399 e. The zero-order valence-electron chi connectivity index (χ0n) is 22.1. The predicted molar refractivity (Wildman–Crippen MR) is 155 cm³/mol. The number of carbonyl (C=O) groups is 3. The molecule has 39 heavy (non-hydrogen) atoms. The molecular formula is C29H33N7O3. The molecule has 202 valence electrons. The second-order valence-electron chi connectivity index (χ2n) is 9.95. The Bertz CT molecular complexity index is 1470. The van der Waals surface area contributed by atoms with Crippen molar-refractivity contribution in [1.29, 1.82) is 0 Å². The topological polar surface area (TPSA) is 144 Å². The molecule has 2 aliphatic heterocycles. The van der Waals surface area contributed by atoms with Crippen molar-refractivity contribution < 1.29 is 14.4 Å². The van der Waals surface area contributed by atoms with E-state index < -0.39 is 6.03 Å². The van der Waals surface area contributed by atoms with Crippen molar-refractivity contribution in [1.82, 2.24) is 15.2 Å². The van der Waals surface area contributed by atoms with Gasteiger partial charge in [-0.2, -0.15) is 0 Å². The average molecular weight is 528 g/mol. The molecule has 3 aromatic rings. The van der Waals surface area contributed by atoms with E-state index in [-0.39, 0.29) is 11.8 Å². The van der Waals surface area contributed by atoms with Crippen LogP contribution >= 0.6 is 0 Å². The first kappa shape index (κ1) is 26.1. The van der Waals surface area contributed by atoms with Crippen LogP contribution in [0.2, 0.25) is 0 Å². The van der Waals surface area contributed by atoms with Crippen LogP contribution in [0.4, 0.5) is 27.5 Å². The number of likely N-dealkylation sites (tertiary alicyclic amines) is 1. The first-order chi connectivity index (χ1) is 18.8. The Morgan fingerprint density at radius 3 is 2.54 bits per heavy atom. The van der Waals surface area contributed by atoms with E-state index in [1.165, 1.54) is 12.8 Å². The molecule has 2 aromatic carbocycles. The Morgan fingerprint density at radius 2 is 1.79 bits per heavy atom. The molecule has 0 spiro atoms. The predicted octanol–water partition coefficient (Wildman–Crippen LogP) is 4.18. The van der Waals surface area contributed by atoms with Gasteiger partial charge in [0.2, 0.25) is 0 Å². The molecule has 0 saturated carbocycles. The minimum atomic E-state index is -0.427. The fraction of sp³-hybridized carbons (Fsp3) is 0.276. The van der Waals surface area contributed by atoms with E-state index in [0.717, 1.165) is 30.9 Å². The third-order valence-corrected chi connectivity index (χ3v) is 7.11. The van der Waals surface area contributed by atoms with E-state index in [4.69, 9.17) is 5.73 Å². The molecule has 1 aromatic heterocycles. The van der Waals surface area contributed by atoms with Gasteiger partial charge in [-0.1, -0.05) is 12.1 Å². The first-order valence-electron chi connectivity index (χ1n) is 13.1. The van der Waals surface area contributed by atoms with Crippen molar-refractivity contribution >= 4 is 52.2 Å². The second kappa shape index (κ2) is 11.0. The number of aryl methyl sites for hydroxylation is 1. The number of benzene rings is 2. The molecule has 0 bridgehead atoms. The van der Waals surface area contributed by atoms with Gasteiger partial charge in [-0.05, 0) is 81.7 Å². The number of H-pyrrole nitrogens is 1. The van der Waals surface area contributed by atoms with E-state index in [1.807, 2.05) is 13.8 Å². The molecule has 2 aliphatic rings. The summed E-state index contributed by atoms with van der Waals surface area (Å²) in [5.74, 6) is -0.372.